The predicted molar refractivity (Wildman–Crippen MR) is 109 cm³/mol. The van der Waals surface area contributed by atoms with Crippen molar-refractivity contribution in [3.63, 3.8) is 0 Å². The minimum atomic E-state index is -0.289. The molecule has 0 aliphatic heterocycles. The lowest BCUT2D eigenvalue weighted by Crippen LogP contribution is -2.22. The summed E-state index contributed by atoms with van der Waals surface area (Å²) in [5.41, 5.74) is 1.82. The van der Waals surface area contributed by atoms with Crippen LogP contribution in [0.4, 0.5) is 17.1 Å². The van der Waals surface area contributed by atoms with Gasteiger partial charge in [-0.2, -0.15) is 0 Å². The average molecular weight is 415 g/mol. The van der Waals surface area contributed by atoms with Crippen LogP contribution >= 0.6 is 34.8 Å². The largest absolute Gasteiger partial charge is 0.376 e. The predicted octanol–water partition coefficient (Wildman–Crippen LogP) is 5.29. The quantitative estimate of drug-likeness (QED) is 0.562. The molecule has 0 bridgehead atoms. The van der Waals surface area contributed by atoms with Crippen molar-refractivity contribution >= 4 is 63.7 Å². The van der Waals surface area contributed by atoms with Crippen LogP contribution in [0.1, 0.15) is 13.8 Å². The molecule has 26 heavy (non-hydrogen) atoms. The number of halogens is 3. The number of anilines is 3. The summed E-state index contributed by atoms with van der Waals surface area (Å²) in [4.78, 5) is 23.7. The highest BCUT2D eigenvalue weighted by Crippen LogP contribution is 2.32. The number of nitrogens with one attached hydrogen (secondary N) is 3. The van der Waals surface area contributed by atoms with Crippen molar-refractivity contribution in [1.29, 1.82) is 0 Å². The smallest absolute Gasteiger partial charge is 0.243 e. The molecule has 2 rings (SSSR count). The molecule has 3 N–H and O–H groups in total. The van der Waals surface area contributed by atoms with Crippen molar-refractivity contribution in [3.05, 3.63) is 51.5 Å². The minimum absolute atomic E-state index is 0.0360. The summed E-state index contributed by atoms with van der Waals surface area (Å²) >= 11 is 17.8. The third-order valence-corrected chi connectivity index (χ3v) is 4.45. The van der Waals surface area contributed by atoms with Gasteiger partial charge in [0.15, 0.2) is 0 Å². The fraction of sp³-hybridized carbons (Fsp3) is 0.222. The zero-order chi connectivity index (χ0) is 19.3. The van der Waals surface area contributed by atoms with Crippen LogP contribution in [-0.4, -0.2) is 18.4 Å². The molecule has 0 radical (unpaired) electrons. The third kappa shape index (κ3) is 5.80. The Bertz CT molecular complexity index is 808. The maximum Gasteiger partial charge on any atom is 0.243 e. The second-order valence-corrected chi connectivity index (χ2v) is 7.09. The number of hydrogen-bond acceptors (Lipinski definition) is 3. The highest BCUT2D eigenvalue weighted by molar-refractivity contribution is 6.44. The van der Waals surface area contributed by atoms with Crippen molar-refractivity contribution in [2.24, 2.45) is 5.92 Å². The molecule has 2 aromatic carbocycles. The topological polar surface area (TPSA) is 70.2 Å². The van der Waals surface area contributed by atoms with E-state index in [2.05, 4.69) is 16.0 Å². The summed E-state index contributed by atoms with van der Waals surface area (Å²) in [6, 6.07) is 10.0. The lowest BCUT2D eigenvalue weighted by atomic mass is 10.2. The Morgan fingerprint density at radius 2 is 1.46 bits per heavy atom. The Morgan fingerprint density at radius 3 is 2.08 bits per heavy atom. The van der Waals surface area contributed by atoms with Gasteiger partial charge in [0.1, 0.15) is 0 Å². The molecule has 5 nitrogen and oxygen atoms in total. The van der Waals surface area contributed by atoms with E-state index in [0.717, 1.165) is 5.69 Å². The highest BCUT2D eigenvalue weighted by Gasteiger charge is 2.10. The summed E-state index contributed by atoms with van der Waals surface area (Å²) in [6.07, 6.45) is 0. The van der Waals surface area contributed by atoms with Gasteiger partial charge in [0, 0.05) is 17.3 Å². The fourth-order valence-electron chi connectivity index (χ4n) is 1.95. The molecule has 138 valence electrons. The van der Waals surface area contributed by atoms with Crippen LogP contribution in [0, 0.1) is 5.92 Å². The molecule has 0 saturated heterocycles. The van der Waals surface area contributed by atoms with Gasteiger partial charge in [0.2, 0.25) is 11.8 Å². The van der Waals surface area contributed by atoms with Crippen LogP contribution in [-0.2, 0) is 9.59 Å². The Hall–Kier alpha value is -1.95. The Labute approximate surface area is 167 Å². The van der Waals surface area contributed by atoms with Crippen molar-refractivity contribution < 1.29 is 9.59 Å². The molecule has 2 aromatic rings. The van der Waals surface area contributed by atoms with Crippen molar-refractivity contribution in [2.45, 2.75) is 13.8 Å². The van der Waals surface area contributed by atoms with E-state index < -0.39 is 0 Å². The molecular weight excluding hydrogens is 397 g/mol. The maximum atomic E-state index is 12.1. The van der Waals surface area contributed by atoms with Crippen molar-refractivity contribution in [1.82, 2.24) is 0 Å². The SMILES string of the molecule is CC(C)C(=O)Nc1ccc(NCC(=O)Nc2cc(Cl)c(Cl)cc2Cl)cc1. The highest BCUT2D eigenvalue weighted by atomic mass is 35.5. The van der Waals surface area contributed by atoms with Gasteiger partial charge >= 0.3 is 0 Å². The summed E-state index contributed by atoms with van der Waals surface area (Å²) in [5.74, 6) is -0.434. The van der Waals surface area contributed by atoms with Gasteiger partial charge in [-0.3, -0.25) is 9.59 Å². The van der Waals surface area contributed by atoms with E-state index in [1.54, 1.807) is 24.3 Å². The van der Waals surface area contributed by atoms with Gasteiger partial charge in [-0.25, -0.2) is 0 Å². The van der Waals surface area contributed by atoms with Crippen LogP contribution in [0.25, 0.3) is 0 Å². The van der Waals surface area contributed by atoms with Gasteiger partial charge in [-0.15, -0.1) is 0 Å². The first-order chi connectivity index (χ1) is 12.3. The van der Waals surface area contributed by atoms with Crippen molar-refractivity contribution in [3.8, 4) is 0 Å². The van der Waals surface area contributed by atoms with Gasteiger partial charge in [-0.05, 0) is 36.4 Å². The molecule has 0 unspecified atom stereocenters. The summed E-state index contributed by atoms with van der Waals surface area (Å²) < 4.78 is 0. The van der Waals surface area contributed by atoms with Crippen LogP contribution < -0.4 is 16.0 Å². The van der Waals surface area contributed by atoms with E-state index in [9.17, 15) is 9.59 Å². The average Bonchev–Trinajstić information content (AvgIpc) is 2.59. The Balaban J connectivity index is 1.89. The van der Waals surface area contributed by atoms with Crippen LogP contribution in [0.3, 0.4) is 0 Å². The van der Waals surface area contributed by atoms with E-state index in [1.165, 1.54) is 12.1 Å². The van der Waals surface area contributed by atoms with Crippen LogP contribution in [0.5, 0.6) is 0 Å². The first-order valence-electron chi connectivity index (χ1n) is 7.85. The minimum Gasteiger partial charge on any atom is -0.376 e. The lowest BCUT2D eigenvalue weighted by Gasteiger charge is -2.11. The molecular formula is C18H18Cl3N3O2. The van der Waals surface area contributed by atoms with E-state index in [1.807, 2.05) is 13.8 Å². The number of amides is 2. The number of rotatable bonds is 6. The molecule has 0 aromatic heterocycles. The van der Waals surface area contributed by atoms with E-state index in [-0.39, 0.29) is 24.3 Å². The molecule has 2 amide bonds. The molecule has 0 spiro atoms. The molecule has 0 saturated carbocycles. The van der Waals surface area contributed by atoms with Crippen molar-refractivity contribution in [2.75, 3.05) is 22.5 Å². The lowest BCUT2D eigenvalue weighted by molar-refractivity contribution is -0.119. The zero-order valence-corrected chi connectivity index (χ0v) is 16.5. The standard InChI is InChI=1S/C18H18Cl3N3O2/c1-10(2)18(26)23-12-5-3-11(4-6-12)22-9-17(25)24-16-8-14(20)13(19)7-15(16)21/h3-8,10,22H,9H2,1-2H3,(H,23,26)(H,24,25). The number of benzene rings is 2. The van der Waals surface area contributed by atoms with Crippen LogP contribution in [0.2, 0.25) is 15.1 Å². The molecule has 0 fully saturated rings. The Morgan fingerprint density at radius 1 is 0.885 bits per heavy atom. The van der Waals surface area contributed by atoms with Gasteiger partial charge in [-0.1, -0.05) is 48.7 Å². The fourth-order valence-corrected chi connectivity index (χ4v) is 2.55. The second kappa shape index (κ2) is 9.12. The summed E-state index contributed by atoms with van der Waals surface area (Å²) in [5, 5.41) is 9.37. The Kier molecular flexibility index (Phi) is 7.14. The van der Waals surface area contributed by atoms with Gasteiger partial charge in [0.25, 0.3) is 0 Å². The molecule has 0 atom stereocenters. The maximum absolute atomic E-state index is 12.1. The monoisotopic (exact) mass is 413 g/mol. The molecule has 0 aliphatic carbocycles. The normalized spacial score (nSPS) is 10.5. The van der Waals surface area contributed by atoms with Gasteiger partial charge < -0.3 is 16.0 Å². The molecule has 8 heteroatoms. The first-order valence-corrected chi connectivity index (χ1v) is 8.99. The molecule has 0 aliphatic rings. The zero-order valence-electron chi connectivity index (χ0n) is 14.2. The number of hydrogen-bond donors (Lipinski definition) is 3. The first kappa shape index (κ1) is 20.4. The third-order valence-electron chi connectivity index (χ3n) is 3.41. The summed E-state index contributed by atoms with van der Waals surface area (Å²) in [6.45, 7) is 3.68. The van der Waals surface area contributed by atoms with E-state index in [0.29, 0.717) is 26.4 Å². The number of carbonyl (C=O) groups is 2. The second-order valence-electron chi connectivity index (χ2n) is 5.87. The van der Waals surface area contributed by atoms with E-state index in [4.69, 9.17) is 34.8 Å². The van der Waals surface area contributed by atoms with Gasteiger partial charge in [0.05, 0.1) is 27.3 Å². The molecule has 0 heterocycles. The van der Waals surface area contributed by atoms with Crippen LogP contribution in [0.15, 0.2) is 36.4 Å². The summed E-state index contributed by atoms with van der Waals surface area (Å²) in [7, 11) is 0. The van der Waals surface area contributed by atoms with E-state index >= 15 is 0 Å². The number of carbonyl (C=O) groups excluding carboxylic acids is 2.